The number of nitrogens with one attached hydrogen (secondary N) is 2. The minimum absolute atomic E-state index is 0.333. The molecule has 0 saturated carbocycles. The number of rotatable bonds is 7. The van der Waals surface area contributed by atoms with Crippen molar-refractivity contribution in [3.63, 3.8) is 0 Å². The van der Waals surface area contributed by atoms with Crippen molar-refractivity contribution in [1.82, 2.24) is 30.7 Å². The monoisotopic (exact) mass is 395 g/mol. The predicted octanol–water partition coefficient (Wildman–Crippen LogP) is 3.21. The lowest BCUT2D eigenvalue weighted by Gasteiger charge is -2.20. The molecule has 0 radical (unpaired) electrons. The van der Waals surface area contributed by atoms with Crippen LogP contribution in [0.2, 0.25) is 0 Å². The summed E-state index contributed by atoms with van der Waals surface area (Å²) < 4.78 is 14.9. The average molecular weight is 395 g/mol. The molecular weight excluding hydrogens is 369 g/mol. The lowest BCUT2D eigenvalue weighted by molar-refractivity contribution is 0.557. The van der Waals surface area contributed by atoms with E-state index in [-0.39, 0.29) is 5.82 Å². The zero-order valence-electron chi connectivity index (χ0n) is 16.8. The number of halogens is 1. The number of aromatic amines is 1. The Kier molecular flexibility index (Phi) is 5.80. The van der Waals surface area contributed by atoms with Gasteiger partial charge in [0.2, 0.25) is 0 Å². The summed E-state index contributed by atoms with van der Waals surface area (Å²) in [5.41, 5.74) is 2.90. The summed E-state index contributed by atoms with van der Waals surface area (Å²) in [5, 5.41) is 18.8. The molecule has 0 aromatic carbocycles. The number of aromatic nitrogens is 5. The topological polar surface area (TPSA) is 82.6 Å². The van der Waals surface area contributed by atoms with E-state index in [1.807, 2.05) is 26.1 Å². The molecule has 3 aromatic rings. The van der Waals surface area contributed by atoms with Crippen molar-refractivity contribution < 1.29 is 4.39 Å². The molecule has 1 atom stereocenters. The molecule has 1 fully saturated rings. The van der Waals surface area contributed by atoms with Crippen LogP contribution in [0.5, 0.6) is 0 Å². The highest BCUT2D eigenvalue weighted by molar-refractivity contribution is 5.68. The number of anilines is 1. The van der Waals surface area contributed by atoms with Crippen LogP contribution in [0, 0.1) is 5.82 Å². The Balaban J connectivity index is 1.52. The summed E-state index contributed by atoms with van der Waals surface area (Å²) in [5.74, 6) is 0.471. The zero-order chi connectivity index (χ0) is 20.2. The van der Waals surface area contributed by atoms with E-state index >= 15 is 0 Å². The Bertz CT molecular complexity index is 934. The average Bonchev–Trinajstić information content (AvgIpc) is 3.45. The van der Waals surface area contributed by atoms with Gasteiger partial charge in [0.1, 0.15) is 11.5 Å². The number of hydrogen-bond donors (Lipinski definition) is 2. The first-order chi connectivity index (χ1) is 14.2. The highest BCUT2D eigenvalue weighted by Crippen LogP contribution is 2.29. The van der Waals surface area contributed by atoms with Crippen molar-refractivity contribution in [1.29, 1.82) is 0 Å². The highest BCUT2D eigenvalue weighted by Gasteiger charge is 2.17. The Morgan fingerprint density at radius 1 is 1.24 bits per heavy atom. The number of nitrogens with zero attached hydrogens (tertiary/aromatic N) is 5. The molecule has 0 spiro atoms. The fraction of sp³-hybridized carbons (Fsp3) is 0.429. The molecule has 29 heavy (non-hydrogen) atoms. The van der Waals surface area contributed by atoms with Crippen LogP contribution in [-0.4, -0.2) is 51.6 Å². The van der Waals surface area contributed by atoms with Crippen molar-refractivity contribution >= 4 is 5.82 Å². The summed E-state index contributed by atoms with van der Waals surface area (Å²) in [6, 6.07) is 5.78. The fourth-order valence-electron chi connectivity index (χ4n) is 3.78. The molecule has 4 rings (SSSR count). The van der Waals surface area contributed by atoms with Gasteiger partial charge in [0, 0.05) is 43.0 Å². The molecule has 8 heteroatoms. The lowest BCUT2D eigenvalue weighted by atomic mass is 10.0. The minimum atomic E-state index is -0.333. The molecule has 1 saturated heterocycles. The SMILES string of the molecule is CCc1nc(-c2ccc(N(C)CCC3CCCN3)nn2)cc(F)c1-c1cn[nH]c1. The van der Waals surface area contributed by atoms with Crippen LogP contribution in [-0.2, 0) is 6.42 Å². The maximum absolute atomic E-state index is 14.9. The van der Waals surface area contributed by atoms with Gasteiger partial charge in [-0.25, -0.2) is 4.39 Å². The minimum Gasteiger partial charge on any atom is -0.358 e. The van der Waals surface area contributed by atoms with Gasteiger partial charge in [-0.15, -0.1) is 10.2 Å². The molecule has 1 unspecified atom stereocenters. The first-order valence-electron chi connectivity index (χ1n) is 10.1. The van der Waals surface area contributed by atoms with Crippen LogP contribution in [0.25, 0.3) is 22.5 Å². The Labute approximate surface area is 169 Å². The molecule has 1 aliphatic rings. The van der Waals surface area contributed by atoms with Crippen LogP contribution in [0.1, 0.15) is 31.9 Å². The van der Waals surface area contributed by atoms with Crippen molar-refractivity contribution in [3.05, 3.63) is 42.1 Å². The Morgan fingerprint density at radius 2 is 2.14 bits per heavy atom. The van der Waals surface area contributed by atoms with Crippen LogP contribution in [0.4, 0.5) is 10.2 Å². The molecular formula is C21H26FN7. The third kappa shape index (κ3) is 4.27. The van der Waals surface area contributed by atoms with Gasteiger partial charge in [-0.05, 0) is 44.4 Å². The quantitative estimate of drug-likeness (QED) is 0.639. The third-order valence-corrected chi connectivity index (χ3v) is 5.45. The van der Waals surface area contributed by atoms with E-state index in [2.05, 4.69) is 35.6 Å². The lowest BCUT2D eigenvalue weighted by Crippen LogP contribution is -2.28. The molecule has 0 amide bonds. The van der Waals surface area contributed by atoms with E-state index in [4.69, 9.17) is 0 Å². The predicted molar refractivity (Wildman–Crippen MR) is 111 cm³/mol. The summed E-state index contributed by atoms with van der Waals surface area (Å²) >= 11 is 0. The standard InChI is InChI=1S/C21H26FN7/c1-3-17-21(14-12-24-25-13-14)16(22)11-19(26-17)18-6-7-20(28-27-18)29(2)10-8-15-5-4-9-23-15/h6-7,11-13,15,23H,3-5,8-10H2,1-2H3,(H,24,25). The number of aryl methyl sites for hydroxylation is 1. The Hall–Kier alpha value is -2.87. The second-order valence-corrected chi connectivity index (χ2v) is 7.43. The van der Waals surface area contributed by atoms with Gasteiger partial charge in [-0.1, -0.05) is 6.92 Å². The van der Waals surface area contributed by atoms with Gasteiger partial charge in [0.25, 0.3) is 0 Å². The smallest absolute Gasteiger partial charge is 0.151 e. The summed E-state index contributed by atoms with van der Waals surface area (Å²) in [6.07, 6.45) is 7.46. The maximum atomic E-state index is 14.9. The molecule has 0 bridgehead atoms. The van der Waals surface area contributed by atoms with E-state index in [1.54, 1.807) is 12.4 Å². The largest absolute Gasteiger partial charge is 0.358 e. The van der Waals surface area contributed by atoms with E-state index in [0.29, 0.717) is 40.7 Å². The highest BCUT2D eigenvalue weighted by atomic mass is 19.1. The Morgan fingerprint density at radius 3 is 2.79 bits per heavy atom. The van der Waals surface area contributed by atoms with E-state index in [0.717, 1.165) is 25.3 Å². The van der Waals surface area contributed by atoms with Gasteiger partial charge in [-0.3, -0.25) is 10.1 Å². The van der Waals surface area contributed by atoms with E-state index in [9.17, 15) is 4.39 Å². The van der Waals surface area contributed by atoms with Gasteiger partial charge >= 0.3 is 0 Å². The zero-order valence-corrected chi connectivity index (χ0v) is 16.8. The van der Waals surface area contributed by atoms with Crippen molar-refractivity contribution in [2.75, 3.05) is 25.0 Å². The van der Waals surface area contributed by atoms with Crippen LogP contribution < -0.4 is 10.2 Å². The molecule has 1 aliphatic heterocycles. The van der Waals surface area contributed by atoms with Crippen molar-refractivity contribution in [3.8, 4) is 22.5 Å². The number of hydrogen-bond acceptors (Lipinski definition) is 6. The van der Waals surface area contributed by atoms with Gasteiger partial charge in [0.05, 0.1) is 17.6 Å². The van der Waals surface area contributed by atoms with Gasteiger partial charge in [-0.2, -0.15) is 5.10 Å². The van der Waals surface area contributed by atoms with Crippen molar-refractivity contribution in [2.45, 2.75) is 38.6 Å². The number of pyridine rings is 1. The molecule has 7 nitrogen and oxygen atoms in total. The van der Waals surface area contributed by atoms with Crippen molar-refractivity contribution in [2.24, 2.45) is 0 Å². The second-order valence-electron chi connectivity index (χ2n) is 7.43. The normalized spacial score (nSPS) is 16.3. The summed E-state index contributed by atoms with van der Waals surface area (Å²) in [4.78, 5) is 6.74. The second kappa shape index (κ2) is 8.65. The van der Waals surface area contributed by atoms with Gasteiger partial charge < -0.3 is 10.2 Å². The van der Waals surface area contributed by atoms with Crippen LogP contribution >= 0.6 is 0 Å². The molecule has 152 valence electrons. The first-order valence-corrected chi connectivity index (χ1v) is 10.1. The third-order valence-electron chi connectivity index (χ3n) is 5.45. The molecule has 2 N–H and O–H groups in total. The first kappa shape index (κ1) is 19.4. The summed E-state index contributed by atoms with van der Waals surface area (Å²) in [7, 11) is 2.02. The van der Waals surface area contributed by atoms with E-state index in [1.165, 1.54) is 18.9 Å². The number of H-pyrrole nitrogens is 1. The molecule has 4 heterocycles. The summed E-state index contributed by atoms with van der Waals surface area (Å²) in [6.45, 7) is 3.99. The maximum Gasteiger partial charge on any atom is 0.151 e. The van der Waals surface area contributed by atoms with E-state index < -0.39 is 0 Å². The van der Waals surface area contributed by atoms with Crippen LogP contribution in [0.3, 0.4) is 0 Å². The molecule has 0 aliphatic carbocycles. The fourth-order valence-corrected chi connectivity index (χ4v) is 3.78. The van der Waals surface area contributed by atoms with Gasteiger partial charge in [0.15, 0.2) is 5.82 Å². The molecule has 3 aromatic heterocycles. The van der Waals surface area contributed by atoms with Crippen LogP contribution in [0.15, 0.2) is 30.6 Å².